The molecular weight excluding hydrogens is 364 g/mol. The van der Waals surface area contributed by atoms with Gasteiger partial charge in [-0.2, -0.15) is 0 Å². The van der Waals surface area contributed by atoms with Crippen molar-refractivity contribution in [3.63, 3.8) is 0 Å². The molecule has 0 atom stereocenters. The van der Waals surface area contributed by atoms with Crippen molar-refractivity contribution in [3.8, 4) is 5.75 Å². The third-order valence-electron chi connectivity index (χ3n) is 3.93. The molecule has 0 saturated carbocycles. The Kier molecular flexibility index (Phi) is 5.93. The highest BCUT2D eigenvalue weighted by Crippen LogP contribution is 2.23. The summed E-state index contributed by atoms with van der Waals surface area (Å²) in [7, 11) is 1.64. The van der Waals surface area contributed by atoms with E-state index in [0.717, 1.165) is 16.9 Å². The molecule has 2 N–H and O–H groups in total. The van der Waals surface area contributed by atoms with Crippen molar-refractivity contribution in [1.82, 2.24) is 5.32 Å². The minimum absolute atomic E-state index is 0.176. The Balaban J connectivity index is 1.54. The highest BCUT2D eigenvalue weighted by molar-refractivity contribution is 7.18. The number of carbonyl (C=O) groups is 2. The second-order valence-corrected chi connectivity index (χ2v) is 7.00. The zero-order valence-corrected chi connectivity index (χ0v) is 15.9. The molecule has 0 aliphatic carbocycles. The van der Waals surface area contributed by atoms with Gasteiger partial charge in [-0.25, -0.2) is 0 Å². The summed E-state index contributed by atoms with van der Waals surface area (Å²) in [4.78, 5) is 24.8. The smallest absolute Gasteiger partial charge is 0.291 e. The van der Waals surface area contributed by atoms with Crippen molar-refractivity contribution in [2.45, 2.75) is 13.3 Å². The summed E-state index contributed by atoms with van der Waals surface area (Å²) in [6.45, 7) is 2.51. The van der Waals surface area contributed by atoms with E-state index in [4.69, 9.17) is 9.15 Å². The first-order valence-corrected chi connectivity index (χ1v) is 9.25. The number of thiophene rings is 1. The largest absolute Gasteiger partial charge is 0.496 e. The highest BCUT2D eigenvalue weighted by atomic mass is 32.1. The molecule has 0 aliphatic rings. The van der Waals surface area contributed by atoms with Gasteiger partial charge in [-0.05, 0) is 49.2 Å². The predicted molar refractivity (Wildman–Crippen MR) is 105 cm³/mol. The van der Waals surface area contributed by atoms with E-state index in [2.05, 4.69) is 16.7 Å². The van der Waals surface area contributed by atoms with Crippen molar-refractivity contribution in [1.29, 1.82) is 0 Å². The van der Waals surface area contributed by atoms with Gasteiger partial charge in [-0.15, -0.1) is 11.3 Å². The number of anilines is 1. The third kappa shape index (κ3) is 4.77. The minimum Gasteiger partial charge on any atom is -0.496 e. The van der Waals surface area contributed by atoms with Crippen molar-refractivity contribution in [2.24, 2.45) is 0 Å². The lowest BCUT2D eigenvalue weighted by Crippen LogP contribution is -2.25. The first-order valence-electron chi connectivity index (χ1n) is 8.43. The average molecular weight is 384 g/mol. The SMILES string of the molecule is COc1ccc(C)cc1CCNC(=O)c1ccc(NC(=O)c2ccco2)s1. The van der Waals surface area contributed by atoms with Gasteiger partial charge in [0.25, 0.3) is 11.8 Å². The third-order valence-corrected chi connectivity index (χ3v) is 4.93. The molecule has 0 spiro atoms. The molecule has 27 heavy (non-hydrogen) atoms. The second kappa shape index (κ2) is 8.55. The van der Waals surface area contributed by atoms with Gasteiger partial charge in [0.15, 0.2) is 5.76 Å². The Morgan fingerprint density at radius 2 is 2.00 bits per heavy atom. The van der Waals surface area contributed by atoms with Crippen LogP contribution in [0, 0.1) is 6.92 Å². The molecule has 7 heteroatoms. The van der Waals surface area contributed by atoms with E-state index in [1.807, 2.05) is 19.1 Å². The number of furan rings is 1. The topological polar surface area (TPSA) is 80.6 Å². The summed E-state index contributed by atoms with van der Waals surface area (Å²) >= 11 is 1.21. The van der Waals surface area contributed by atoms with Crippen LogP contribution in [0.3, 0.4) is 0 Å². The molecule has 2 heterocycles. The zero-order chi connectivity index (χ0) is 19.2. The van der Waals surface area contributed by atoms with E-state index < -0.39 is 0 Å². The normalized spacial score (nSPS) is 10.4. The fourth-order valence-electron chi connectivity index (χ4n) is 2.61. The van der Waals surface area contributed by atoms with Crippen molar-refractivity contribution < 1.29 is 18.7 Å². The Morgan fingerprint density at radius 1 is 1.15 bits per heavy atom. The molecule has 0 radical (unpaired) electrons. The average Bonchev–Trinajstić information content (AvgIpc) is 3.34. The first-order chi connectivity index (χ1) is 13.1. The lowest BCUT2D eigenvalue weighted by atomic mass is 10.1. The number of nitrogens with one attached hydrogen (secondary N) is 2. The number of benzene rings is 1. The maximum Gasteiger partial charge on any atom is 0.291 e. The van der Waals surface area contributed by atoms with Crippen molar-refractivity contribution in [2.75, 3.05) is 19.0 Å². The van der Waals surface area contributed by atoms with Crippen molar-refractivity contribution >= 4 is 28.2 Å². The van der Waals surface area contributed by atoms with Gasteiger partial charge in [0, 0.05) is 6.54 Å². The number of aryl methyl sites for hydroxylation is 1. The number of hydrogen-bond donors (Lipinski definition) is 2. The highest BCUT2D eigenvalue weighted by Gasteiger charge is 2.13. The fraction of sp³-hybridized carbons (Fsp3) is 0.200. The van der Waals surface area contributed by atoms with E-state index in [-0.39, 0.29) is 17.6 Å². The van der Waals surface area contributed by atoms with Gasteiger partial charge in [0.1, 0.15) is 5.75 Å². The monoisotopic (exact) mass is 384 g/mol. The van der Waals surface area contributed by atoms with Gasteiger partial charge in [0.05, 0.1) is 23.3 Å². The molecule has 2 amide bonds. The molecule has 0 saturated heterocycles. The molecule has 0 unspecified atom stereocenters. The summed E-state index contributed by atoms with van der Waals surface area (Å²) in [5, 5.41) is 6.19. The number of ether oxygens (including phenoxy) is 1. The Morgan fingerprint density at radius 3 is 2.74 bits per heavy atom. The van der Waals surface area contributed by atoms with Crippen LogP contribution in [0.4, 0.5) is 5.00 Å². The molecule has 3 aromatic rings. The van der Waals surface area contributed by atoms with E-state index in [1.54, 1.807) is 31.4 Å². The Labute approximate surface area is 161 Å². The Hall–Kier alpha value is -3.06. The maximum absolute atomic E-state index is 12.3. The summed E-state index contributed by atoms with van der Waals surface area (Å²) in [6.07, 6.45) is 2.11. The van der Waals surface area contributed by atoms with Gasteiger partial charge >= 0.3 is 0 Å². The molecular formula is C20H20N2O4S. The maximum atomic E-state index is 12.3. The fourth-order valence-corrected chi connectivity index (χ4v) is 3.43. The van der Waals surface area contributed by atoms with Crippen molar-refractivity contribution in [3.05, 3.63) is 70.5 Å². The quantitative estimate of drug-likeness (QED) is 0.648. The molecule has 2 aromatic heterocycles. The van der Waals surface area contributed by atoms with Crippen LogP contribution >= 0.6 is 11.3 Å². The van der Waals surface area contributed by atoms with Crippen LogP contribution < -0.4 is 15.4 Å². The van der Waals surface area contributed by atoms with Crippen LogP contribution in [-0.4, -0.2) is 25.5 Å². The summed E-state index contributed by atoms with van der Waals surface area (Å²) in [5.74, 6) is 0.515. The van der Waals surface area contributed by atoms with E-state index >= 15 is 0 Å². The van der Waals surface area contributed by atoms with Crippen LogP contribution in [0.1, 0.15) is 31.4 Å². The molecule has 140 valence electrons. The van der Waals surface area contributed by atoms with Crippen LogP contribution in [0.2, 0.25) is 0 Å². The minimum atomic E-state index is -0.347. The van der Waals surface area contributed by atoms with Crippen LogP contribution in [-0.2, 0) is 6.42 Å². The van der Waals surface area contributed by atoms with E-state index in [0.29, 0.717) is 22.8 Å². The molecule has 1 aromatic carbocycles. The van der Waals surface area contributed by atoms with Gasteiger partial charge in [-0.1, -0.05) is 17.7 Å². The summed E-state index contributed by atoms with van der Waals surface area (Å²) in [5.41, 5.74) is 2.20. The van der Waals surface area contributed by atoms with Gasteiger partial charge in [-0.3, -0.25) is 9.59 Å². The summed E-state index contributed by atoms with van der Waals surface area (Å²) in [6, 6.07) is 12.6. The number of carbonyl (C=O) groups excluding carboxylic acids is 2. The van der Waals surface area contributed by atoms with E-state index in [1.165, 1.54) is 17.6 Å². The number of methoxy groups -OCH3 is 1. The number of hydrogen-bond acceptors (Lipinski definition) is 5. The van der Waals surface area contributed by atoms with Crippen LogP contribution in [0.15, 0.2) is 53.1 Å². The van der Waals surface area contributed by atoms with E-state index in [9.17, 15) is 9.59 Å². The molecule has 0 fully saturated rings. The summed E-state index contributed by atoms with van der Waals surface area (Å²) < 4.78 is 10.4. The lowest BCUT2D eigenvalue weighted by Gasteiger charge is -2.10. The molecule has 0 bridgehead atoms. The van der Waals surface area contributed by atoms with Crippen LogP contribution in [0.5, 0.6) is 5.75 Å². The number of amides is 2. The first kappa shape index (κ1) is 18.7. The molecule has 6 nitrogen and oxygen atoms in total. The standard InChI is InChI=1S/C20H20N2O4S/c1-13-5-6-15(25-2)14(12-13)9-10-21-20(24)17-7-8-18(27-17)22-19(23)16-4-3-11-26-16/h3-8,11-12H,9-10H2,1-2H3,(H,21,24)(H,22,23). The number of rotatable bonds is 7. The van der Waals surface area contributed by atoms with Gasteiger partial charge in [0.2, 0.25) is 0 Å². The zero-order valence-electron chi connectivity index (χ0n) is 15.1. The molecule has 0 aliphatic heterocycles. The Bertz CT molecular complexity index is 931. The predicted octanol–water partition coefficient (Wildman–Crippen LogP) is 3.88. The molecule has 3 rings (SSSR count). The second-order valence-electron chi connectivity index (χ2n) is 5.92. The lowest BCUT2D eigenvalue weighted by molar-refractivity contribution is 0.0956. The van der Waals surface area contributed by atoms with Crippen LogP contribution in [0.25, 0.3) is 0 Å². The van der Waals surface area contributed by atoms with Gasteiger partial charge < -0.3 is 19.8 Å².